The van der Waals surface area contributed by atoms with Crippen LogP contribution in [0.4, 0.5) is 13.2 Å². The molecule has 1 aromatic carbocycles. The summed E-state index contributed by atoms with van der Waals surface area (Å²) in [7, 11) is 0. The molecule has 166 valence electrons. The van der Waals surface area contributed by atoms with Crippen molar-refractivity contribution in [1.29, 1.82) is 0 Å². The van der Waals surface area contributed by atoms with Crippen molar-refractivity contribution in [3.05, 3.63) is 29.8 Å². The monoisotopic (exact) mass is 530 g/mol. The van der Waals surface area contributed by atoms with Crippen LogP contribution < -0.4 is 15.4 Å². The van der Waals surface area contributed by atoms with E-state index in [9.17, 15) is 13.2 Å². The normalized spacial score (nSPS) is 15.5. The lowest BCUT2D eigenvalue weighted by Gasteiger charge is -2.26. The molecule has 1 saturated heterocycles. The van der Waals surface area contributed by atoms with Gasteiger partial charge in [0.1, 0.15) is 12.4 Å². The van der Waals surface area contributed by atoms with Crippen LogP contribution in [0.2, 0.25) is 0 Å². The molecule has 0 bridgehead atoms. The molecule has 1 aliphatic rings. The first-order valence-corrected chi connectivity index (χ1v) is 9.61. The number of morpholine rings is 1. The Morgan fingerprint density at radius 2 is 2.00 bits per heavy atom. The number of halogens is 4. The molecule has 1 heterocycles. The number of alkyl halides is 3. The predicted octanol–water partition coefficient (Wildman–Crippen LogP) is 2.98. The van der Waals surface area contributed by atoms with Crippen molar-refractivity contribution in [1.82, 2.24) is 15.5 Å². The standard InChI is InChI=1S/C19H29F3N4O2.HI/c1-2-23-18(24-7-4-9-26-10-13-27-14-11-26)25-8-12-28-17-6-3-5-16(15-17)19(20,21)22;/h3,5-6,15H,2,4,7-14H2,1H3,(H2,23,24,25);1H. The molecule has 2 rings (SSSR count). The molecular formula is C19H30F3IN4O2. The van der Waals surface area contributed by atoms with Crippen LogP contribution in [0.15, 0.2) is 29.3 Å². The van der Waals surface area contributed by atoms with Crippen LogP contribution >= 0.6 is 24.0 Å². The number of hydrogen-bond donors (Lipinski definition) is 2. The van der Waals surface area contributed by atoms with Gasteiger partial charge in [0.25, 0.3) is 0 Å². The van der Waals surface area contributed by atoms with Crippen LogP contribution in [-0.4, -0.2) is 69.9 Å². The summed E-state index contributed by atoms with van der Waals surface area (Å²) in [6.07, 6.45) is -3.42. The van der Waals surface area contributed by atoms with Gasteiger partial charge in [-0.15, -0.1) is 24.0 Å². The summed E-state index contributed by atoms with van der Waals surface area (Å²) < 4.78 is 48.9. The molecule has 1 fully saturated rings. The SMILES string of the molecule is CCNC(=NCCCN1CCOCC1)NCCOc1cccc(C(F)(F)F)c1.I. The van der Waals surface area contributed by atoms with Crippen LogP contribution in [0.3, 0.4) is 0 Å². The van der Waals surface area contributed by atoms with Gasteiger partial charge in [-0.25, -0.2) is 0 Å². The van der Waals surface area contributed by atoms with Crippen LogP contribution in [0.1, 0.15) is 18.9 Å². The molecule has 0 amide bonds. The van der Waals surface area contributed by atoms with E-state index >= 15 is 0 Å². The van der Waals surface area contributed by atoms with Gasteiger partial charge in [0.2, 0.25) is 0 Å². The molecule has 0 unspecified atom stereocenters. The minimum absolute atomic E-state index is 0. The first-order chi connectivity index (χ1) is 13.5. The van der Waals surface area contributed by atoms with Crippen LogP contribution in [0.25, 0.3) is 0 Å². The fraction of sp³-hybridized carbons (Fsp3) is 0.632. The molecular weight excluding hydrogens is 500 g/mol. The van der Waals surface area contributed by atoms with Crippen molar-refractivity contribution >= 4 is 29.9 Å². The molecule has 0 saturated carbocycles. The second-order valence-electron chi connectivity index (χ2n) is 6.37. The first-order valence-electron chi connectivity index (χ1n) is 9.61. The van der Waals surface area contributed by atoms with E-state index in [1.54, 1.807) is 0 Å². The summed E-state index contributed by atoms with van der Waals surface area (Å²) in [5.41, 5.74) is -0.715. The second-order valence-corrected chi connectivity index (χ2v) is 6.37. The van der Waals surface area contributed by atoms with E-state index in [1.165, 1.54) is 12.1 Å². The quantitative estimate of drug-likeness (QED) is 0.223. The molecule has 2 N–H and O–H groups in total. The first kappa shape index (κ1) is 25.8. The van der Waals surface area contributed by atoms with Crippen molar-refractivity contribution in [2.75, 3.05) is 59.1 Å². The Morgan fingerprint density at radius 1 is 1.24 bits per heavy atom. The third-order valence-corrected chi connectivity index (χ3v) is 4.17. The number of benzene rings is 1. The van der Waals surface area contributed by atoms with Gasteiger partial charge in [-0.1, -0.05) is 6.07 Å². The third-order valence-electron chi connectivity index (χ3n) is 4.17. The minimum Gasteiger partial charge on any atom is -0.492 e. The maximum atomic E-state index is 12.7. The van der Waals surface area contributed by atoms with Crippen molar-refractivity contribution in [3.63, 3.8) is 0 Å². The zero-order chi connectivity index (χ0) is 20.2. The predicted molar refractivity (Wildman–Crippen MR) is 118 cm³/mol. The van der Waals surface area contributed by atoms with E-state index in [0.717, 1.165) is 57.9 Å². The van der Waals surface area contributed by atoms with Gasteiger partial charge in [-0.05, 0) is 31.5 Å². The number of hydrogen-bond acceptors (Lipinski definition) is 4. The lowest BCUT2D eigenvalue weighted by Crippen LogP contribution is -2.40. The largest absolute Gasteiger partial charge is 0.492 e. The third kappa shape index (κ3) is 10.4. The van der Waals surface area contributed by atoms with Crippen LogP contribution in [0, 0.1) is 0 Å². The zero-order valence-corrected chi connectivity index (χ0v) is 19.0. The molecule has 10 heteroatoms. The Kier molecular flexibility index (Phi) is 12.3. The summed E-state index contributed by atoms with van der Waals surface area (Å²) in [6.45, 7) is 8.58. The van der Waals surface area contributed by atoms with E-state index in [4.69, 9.17) is 9.47 Å². The van der Waals surface area contributed by atoms with E-state index in [1.807, 2.05) is 6.92 Å². The van der Waals surface area contributed by atoms with E-state index in [2.05, 4.69) is 20.5 Å². The van der Waals surface area contributed by atoms with Gasteiger partial charge in [-0.3, -0.25) is 9.89 Å². The number of guanidine groups is 1. The molecule has 0 spiro atoms. The molecule has 0 aromatic heterocycles. The molecule has 1 aliphatic heterocycles. The van der Waals surface area contributed by atoms with Gasteiger partial charge in [0, 0.05) is 32.7 Å². The maximum absolute atomic E-state index is 12.7. The maximum Gasteiger partial charge on any atom is 0.416 e. The smallest absolute Gasteiger partial charge is 0.416 e. The summed E-state index contributed by atoms with van der Waals surface area (Å²) in [5, 5.41) is 6.28. The van der Waals surface area contributed by atoms with Gasteiger partial charge in [0.15, 0.2) is 5.96 Å². The summed E-state index contributed by atoms with van der Waals surface area (Å²) >= 11 is 0. The summed E-state index contributed by atoms with van der Waals surface area (Å²) in [6, 6.07) is 4.88. The van der Waals surface area contributed by atoms with Crippen molar-refractivity contribution < 1.29 is 22.6 Å². The molecule has 1 aromatic rings. The van der Waals surface area contributed by atoms with Crippen molar-refractivity contribution in [3.8, 4) is 5.75 Å². The Labute approximate surface area is 187 Å². The molecule has 0 aliphatic carbocycles. The number of rotatable bonds is 9. The van der Waals surface area contributed by atoms with Crippen LogP contribution in [0.5, 0.6) is 5.75 Å². The van der Waals surface area contributed by atoms with Crippen LogP contribution in [-0.2, 0) is 10.9 Å². The highest BCUT2D eigenvalue weighted by Crippen LogP contribution is 2.31. The highest BCUT2D eigenvalue weighted by Gasteiger charge is 2.30. The zero-order valence-electron chi connectivity index (χ0n) is 16.6. The molecule has 0 atom stereocenters. The fourth-order valence-electron chi connectivity index (χ4n) is 2.75. The van der Waals surface area contributed by atoms with Gasteiger partial charge in [0.05, 0.1) is 25.3 Å². The summed E-state index contributed by atoms with van der Waals surface area (Å²) in [4.78, 5) is 6.88. The Balaban J connectivity index is 0.00000420. The second kappa shape index (κ2) is 13.9. The topological polar surface area (TPSA) is 58.1 Å². The molecule has 0 radical (unpaired) electrons. The number of ether oxygens (including phenoxy) is 2. The van der Waals surface area contributed by atoms with E-state index < -0.39 is 11.7 Å². The highest BCUT2D eigenvalue weighted by atomic mass is 127. The minimum atomic E-state index is -4.37. The molecule has 6 nitrogen and oxygen atoms in total. The van der Waals surface area contributed by atoms with Gasteiger partial charge >= 0.3 is 6.18 Å². The summed E-state index contributed by atoms with van der Waals surface area (Å²) in [5.74, 6) is 0.876. The number of nitrogens with zero attached hydrogens (tertiary/aromatic N) is 2. The lowest BCUT2D eigenvalue weighted by molar-refractivity contribution is -0.137. The lowest BCUT2D eigenvalue weighted by atomic mass is 10.2. The average Bonchev–Trinajstić information content (AvgIpc) is 2.69. The fourth-order valence-corrected chi connectivity index (χ4v) is 2.75. The Hall–Kier alpha value is -1.27. The highest BCUT2D eigenvalue weighted by molar-refractivity contribution is 14.0. The van der Waals surface area contributed by atoms with Crippen molar-refractivity contribution in [2.24, 2.45) is 4.99 Å². The van der Waals surface area contributed by atoms with Crippen molar-refractivity contribution in [2.45, 2.75) is 19.5 Å². The van der Waals surface area contributed by atoms with Gasteiger partial charge < -0.3 is 20.1 Å². The number of aliphatic imine (C=N–C) groups is 1. The van der Waals surface area contributed by atoms with Gasteiger partial charge in [-0.2, -0.15) is 13.2 Å². The molecule has 29 heavy (non-hydrogen) atoms. The Bertz CT molecular complexity index is 611. The number of nitrogens with one attached hydrogen (secondary N) is 2. The van der Waals surface area contributed by atoms with E-state index in [-0.39, 0.29) is 36.3 Å². The van der Waals surface area contributed by atoms with E-state index in [0.29, 0.717) is 19.0 Å². The average molecular weight is 530 g/mol. The Morgan fingerprint density at radius 3 is 2.69 bits per heavy atom.